The fourth-order valence-corrected chi connectivity index (χ4v) is 2.10. The number of hydrogen-bond acceptors (Lipinski definition) is 4. The van der Waals surface area contributed by atoms with E-state index in [1.54, 1.807) is 0 Å². The Kier molecular flexibility index (Phi) is 3.59. The van der Waals surface area contributed by atoms with Gasteiger partial charge in [-0.25, -0.2) is 0 Å². The molecule has 2 unspecified atom stereocenters. The zero-order valence-corrected chi connectivity index (χ0v) is 10.4. The Labute approximate surface area is 96.8 Å². The van der Waals surface area contributed by atoms with E-state index in [4.69, 9.17) is 4.52 Å². The predicted molar refractivity (Wildman–Crippen MR) is 62.0 cm³/mol. The van der Waals surface area contributed by atoms with E-state index in [9.17, 15) is 0 Å². The first-order valence-electron chi connectivity index (χ1n) is 6.25. The molecule has 0 saturated heterocycles. The average Bonchev–Trinajstić information content (AvgIpc) is 2.95. The minimum atomic E-state index is 0.228. The molecule has 1 fully saturated rings. The van der Waals surface area contributed by atoms with Crippen LogP contribution >= 0.6 is 0 Å². The largest absolute Gasteiger partial charge is 0.340 e. The van der Waals surface area contributed by atoms with Crippen LogP contribution in [0.5, 0.6) is 0 Å². The van der Waals surface area contributed by atoms with Crippen LogP contribution in [0.2, 0.25) is 0 Å². The van der Waals surface area contributed by atoms with E-state index < -0.39 is 0 Å². The number of aromatic nitrogens is 2. The maximum Gasteiger partial charge on any atom is 0.223 e. The molecule has 2 atom stereocenters. The van der Waals surface area contributed by atoms with Gasteiger partial charge in [-0.05, 0) is 25.7 Å². The van der Waals surface area contributed by atoms with Gasteiger partial charge in [0.1, 0.15) is 0 Å². The Balaban J connectivity index is 1.88. The van der Waals surface area contributed by atoms with Gasteiger partial charge in [-0.3, -0.25) is 0 Å². The summed E-state index contributed by atoms with van der Waals surface area (Å²) in [5.41, 5.74) is 0. The smallest absolute Gasteiger partial charge is 0.223 e. The molecule has 0 aromatic carbocycles. The third kappa shape index (κ3) is 3.04. The molecule has 1 heterocycles. The highest BCUT2D eigenvalue weighted by Crippen LogP contribution is 2.33. The van der Waals surface area contributed by atoms with Gasteiger partial charge in [-0.1, -0.05) is 24.9 Å². The standard InChI is InChI=1S/C12H21N3O/c1-4-11(12-14-9(3)16-15-12)13-8(2)7-10-5-6-10/h8,10-11,13H,4-7H2,1-3H3. The van der Waals surface area contributed by atoms with Gasteiger partial charge >= 0.3 is 0 Å². The van der Waals surface area contributed by atoms with Gasteiger partial charge in [0.25, 0.3) is 0 Å². The predicted octanol–water partition coefficient (Wildman–Crippen LogP) is 2.61. The highest BCUT2D eigenvalue weighted by Gasteiger charge is 2.25. The summed E-state index contributed by atoms with van der Waals surface area (Å²) in [6.07, 6.45) is 5.08. The minimum absolute atomic E-state index is 0.228. The molecule has 4 nitrogen and oxygen atoms in total. The summed E-state index contributed by atoms with van der Waals surface area (Å²) in [4.78, 5) is 4.29. The first-order chi connectivity index (χ1) is 7.69. The van der Waals surface area contributed by atoms with Gasteiger partial charge in [0.2, 0.25) is 5.89 Å². The van der Waals surface area contributed by atoms with Gasteiger partial charge in [-0.2, -0.15) is 4.98 Å². The highest BCUT2D eigenvalue weighted by molar-refractivity contribution is 4.94. The van der Waals surface area contributed by atoms with Crippen LogP contribution in [0.4, 0.5) is 0 Å². The fraction of sp³-hybridized carbons (Fsp3) is 0.833. The first kappa shape index (κ1) is 11.6. The minimum Gasteiger partial charge on any atom is -0.340 e. The Morgan fingerprint density at radius 1 is 1.50 bits per heavy atom. The summed E-state index contributed by atoms with van der Waals surface area (Å²) >= 11 is 0. The lowest BCUT2D eigenvalue weighted by Gasteiger charge is -2.19. The SMILES string of the molecule is CCC(NC(C)CC1CC1)c1noc(C)n1. The number of nitrogens with zero attached hydrogens (tertiary/aromatic N) is 2. The van der Waals surface area contributed by atoms with Crippen molar-refractivity contribution in [3.63, 3.8) is 0 Å². The van der Waals surface area contributed by atoms with E-state index in [-0.39, 0.29) is 6.04 Å². The quantitative estimate of drug-likeness (QED) is 0.805. The van der Waals surface area contributed by atoms with Crippen molar-refractivity contribution >= 4 is 0 Å². The molecule has 0 aliphatic heterocycles. The van der Waals surface area contributed by atoms with Crippen LogP contribution in [0.3, 0.4) is 0 Å². The summed E-state index contributed by atoms with van der Waals surface area (Å²) in [7, 11) is 0. The van der Waals surface area contributed by atoms with E-state index >= 15 is 0 Å². The second-order valence-corrected chi connectivity index (χ2v) is 4.88. The van der Waals surface area contributed by atoms with Crippen LogP contribution in [-0.2, 0) is 0 Å². The topological polar surface area (TPSA) is 51.0 Å². The highest BCUT2D eigenvalue weighted by atomic mass is 16.5. The number of hydrogen-bond donors (Lipinski definition) is 1. The molecule has 2 rings (SSSR count). The van der Waals surface area contributed by atoms with E-state index in [1.165, 1.54) is 19.3 Å². The van der Waals surface area contributed by atoms with Crippen molar-refractivity contribution in [2.45, 2.75) is 58.5 Å². The third-order valence-electron chi connectivity index (χ3n) is 3.13. The Bertz CT molecular complexity index is 333. The molecule has 1 aliphatic carbocycles. The molecule has 0 amide bonds. The molecule has 90 valence electrons. The molecule has 1 saturated carbocycles. The van der Waals surface area contributed by atoms with Crippen LogP contribution in [-0.4, -0.2) is 16.2 Å². The average molecular weight is 223 g/mol. The fourth-order valence-electron chi connectivity index (χ4n) is 2.10. The molecule has 0 radical (unpaired) electrons. The van der Waals surface area contributed by atoms with Crippen LogP contribution in [0.15, 0.2) is 4.52 Å². The lowest BCUT2D eigenvalue weighted by Crippen LogP contribution is -2.31. The second kappa shape index (κ2) is 4.95. The van der Waals surface area contributed by atoms with Crippen molar-refractivity contribution in [3.05, 3.63) is 11.7 Å². The van der Waals surface area contributed by atoms with Crippen LogP contribution < -0.4 is 5.32 Å². The van der Waals surface area contributed by atoms with Crippen molar-refractivity contribution in [3.8, 4) is 0 Å². The Morgan fingerprint density at radius 3 is 2.75 bits per heavy atom. The maximum absolute atomic E-state index is 5.02. The Hall–Kier alpha value is -0.900. The van der Waals surface area contributed by atoms with Crippen LogP contribution in [0.25, 0.3) is 0 Å². The summed E-state index contributed by atoms with van der Waals surface area (Å²) in [5.74, 6) is 2.39. The van der Waals surface area contributed by atoms with E-state index in [1.807, 2.05) is 6.92 Å². The zero-order valence-electron chi connectivity index (χ0n) is 10.4. The van der Waals surface area contributed by atoms with Crippen molar-refractivity contribution < 1.29 is 4.52 Å². The molecule has 0 bridgehead atoms. The molecule has 1 aromatic rings. The monoisotopic (exact) mass is 223 g/mol. The van der Waals surface area contributed by atoms with E-state index in [2.05, 4.69) is 29.3 Å². The van der Waals surface area contributed by atoms with Gasteiger partial charge in [-0.15, -0.1) is 0 Å². The molecular formula is C12H21N3O. The molecule has 1 N–H and O–H groups in total. The second-order valence-electron chi connectivity index (χ2n) is 4.88. The molecular weight excluding hydrogens is 202 g/mol. The number of nitrogens with one attached hydrogen (secondary N) is 1. The molecule has 16 heavy (non-hydrogen) atoms. The number of aryl methyl sites for hydroxylation is 1. The summed E-state index contributed by atoms with van der Waals surface area (Å²) < 4.78 is 5.02. The lowest BCUT2D eigenvalue weighted by molar-refractivity contribution is 0.359. The summed E-state index contributed by atoms with van der Waals surface area (Å²) in [6, 6.07) is 0.766. The maximum atomic E-state index is 5.02. The van der Waals surface area contributed by atoms with Gasteiger partial charge in [0, 0.05) is 13.0 Å². The molecule has 4 heteroatoms. The van der Waals surface area contributed by atoms with Crippen LogP contribution in [0, 0.1) is 12.8 Å². The molecule has 1 aliphatic rings. The van der Waals surface area contributed by atoms with Gasteiger partial charge in [0.05, 0.1) is 6.04 Å². The summed E-state index contributed by atoms with van der Waals surface area (Å²) in [5, 5.41) is 7.57. The zero-order chi connectivity index (χ0) is 11.5. The van der Waals surface area contributed by atoms with Crippen molar-refractivity contribution in [1.29, 1.82) is 0 Å². The van der Waals surface area contributed by atoms with Crippen molar-refractivity contribution in [2.24, 2.45) is 5.92 Å². The van der Waals surface area contributed by atoms with Crippen LogP contribution in [0.1, 0.15) is 57.3 Å². The number of rotatable bonds is 6. The normalized spacial score (nSPS) is 19.7. The molecule has 0 spiro atoms. The Morgan fingerprint density at radius 2 is 2.25 bits per heavy atom. The van der Waals surface area contributed by atoms with E-state index in [0.29, 0.717) is 11.9 Å². The lowest BCUT2D eigenvalue weighted by atomic mass is 10.1. The van der Waals surface area contributed by atoms with E-state index in [0.717, 1.165) is 18.2 Å². The third-order valence-corrected chi connectivity index (χ3v) is 3.13. The van der Waals surface area contributed by atoms with Crippen molar-refractivity contribution in [2.75, 3.05) is 0 Å². The van der Waals surface area contributed by atoms with Gasteiger partial charge < -0.3 is 9.84 Å². The van der Waals surface area contributed by atoms with Gasteiger partial charge in [0.15, 0.2) is 5.82 Å². The molecule has 1 aromatic heterocycles. The summed E-state index contributed by atoms with van der Waals surface area (Å²) in [6.45, 7) is 6.22. The van der Waals surface area contributed by atoms with Crippen molar-refractivity contribution in [1.82, 2.24) is 15.5 Å². The first-order valence-corrected chi connectivity index (χ1v) is 6.25.